The molecule has 0 spiro atoms. The Balaban J connectivity index is 0. The molecule has 0 aromatic heterocycles. The zero-order chi connectivity index (χ0) is 5.21. The van der Waals surface area contributed by atoms with Crippen LogP contribution in [0.4, 0.5) is 0 Å². The molecule has 0 saturated carbocycles. The van der Waals surface area contributed by atoms with Gasteiger partial charge in [0.05, 0.1) is 0 Å². The molecule has 0 unspecified atom stereocenters. The summed E-state index contributed by atoms with van der Waals surface area (Å²) in [6.45, 7) is 4.34. The lowest BCUT2D eigenvalue weighted by molar-refractivity contribution is 0.532. The Bertz CT molecular complexity index is 39.4. The third-order valence-electron chi connectivity index (χ3n) is 0.526. The summed E-state index contributed by atoms with van der Waals surface area (Å²) in [4.78, 5) is 0. The van der Waals surface area contributed by atoms with Crippen molar-refractivity contribution in [2.24, 2.45) is 11.5 Å². The smallest absolute Gasteiger partial charge is 0.0221 e. The molecule has 46 valence electrons. The van der Waals surface area contributed by atoms with E-state index in [1.807, 2.05) is 13.8 Å². The first-order valence-corrected chi connectivity index (χ1v) is 2.05. The van der Waals surface area contributed by atoms with Crippen LogP contribution in [0.25, 0.3) is 0 Å². The quantitative estimate of drug-likeness (QED) is 0.591. The molecule has 0 aliphatic heterocycles. The van der Waals surface area contributed by atoms with Crippen LogP contribution in [0.5, 0.6) is 0 Å². The van der Waals surface area contributed by atoms with E-state index in [-0.39, 0.29) is 22.5 Å². The fourth-order valence-corrected chi connectivity index (χ4v) is 0. The van der Waals surface area contributed by atoms with Gasteiger partial charge in [0.1, 0.15) is 0 Å². The standard InChI is InChI=1S/C4H12N2.BrH/c1-4(2,6)3-5;/h3,5-6H2,1-2H3;1H. The van der Waals surface area contributed by atoms with Gasteiger partial charge < -0.3 is 11.5 Å². The third-order valence-corrected chi connectivity index (χ3v) is 0.526. The average Bonchev–Trinajstić information content (AvgIpc) is 1.35. The Morgan fingerprint density at radius 2 is 1.57 bits per heavy atom. The summed E-state index contributed by atoms with van der Waals surface area (Å²) in [5.74, 6) is 0. The van der Waals surface area contributed by atoms with Crippen LogP contribution in [0.2, 0.25) is 0 Å². The molecule has 4 N–H and O–H groups in total. The molecule has 0 bridgehead atoms. The highest BCUT2D eigenvalue weighted by atomic mass is 79.9. The summed E-state index contributed by atoms with van der Waals surface area (Å²) in [5.41, 5.74) is 10.4. The van der Waals surface area contributed by atoms with E-state index < -0.39 is 0 Å². The Hall–Kier alpha value is 0.400. The van der Waals surface area contributed by atoms with Crippen LogP contribution in [-0.4, -0.2) is 12.1 Å². The molecular formula is C4H13BrN2. The lowest BCUT2D eigenvalue weighted by atomic mass is 10.1. The van der Waals surface area contributed by atoms with Gasteiger partial charge in [-0.05, 0) is 13.8 Å². The van der Waals surface area contributed by atoms with E-state index >= 15 is 0 Å². The van der Waals surface area contributed by atoms with Crippen molar-refractivity contribution >= 4 is 17.0 Å². The summed E-state index contributed by atoms with van der Waals surface area (Å²) in [6, 6.07) is 0. The van der Waals surface area contributed by atoms with Crippen molar-refractivity contribution in [1.29, 1.82) is 0 Å². The molecule has 0 amide bonds. The SMILES string of the molecule is Br.CC(C)(N)CN. The number of hydrogen-bond acceptors (Lipinski definition) is 2. The maximum atomic E-state index is 5.41. The van der Waals surface area contributed by atoms with Crippen LogP contribution in [0, 0.1) is 0 Å². The number of rotatable bonds is 1. The van der Waals surface area contributed by atoms with Crippen LogP contribution in [0.15, 0.2) is 0 Å². The average molecular weight is 169 g/mol. The first-order chi connectivity index (χ1) is 2.56. The lowest BCUT2D eigenvalue weighted by Gasteiger charge is -2.13. The molecular weight excluding hydrogens is 156 g/mol. The second-order valence-corrected chi connectivity index (χ2v) is 2.19. The highest BCUT2D eigenvalue weighted by Gasteiger charge is 2.04. The van der Waals surface area contributed by atoms with E-state index in [2.05, 4.69) is 0 Å². The second-order valence-electron chi connectivity index (χ2n) is 2.19. The molecule has 0 fully saturated rings. The first kappa shape index (κ1) is 10.4. The second kappa shape index (κ2) is 3.41. The van der Waals surface area contributed by atoms with Gasteiger partial charge in [0, 0.05) is 12.1 Å². The topological polar surface area (TPSA) is 52.0 Å². The number of hydrogen-bond donors (Lipinski definition) is 2. The molecule has 3 heteroatoms. The van der Waals surface area contributed by atoms with E-state index in [0.29, 0.717) is 6.54 Å². The summed E-state index contributed by atoms with van der Waals surface area (Å²) >= 11 is 0. The summed E-state index contributed by atoms with van der Waals surface area (Å²) < 4.78 is 0. The lowest BCUT2D eigenvalue weighted by Crippen LogP contribution is -2.40. The fourth-order valence-electron chi connectivity index (χ4n) is 0. The highest BCUT2D eigenvalue weighted by Crippen LogP contribution is 1.88. The highest BCUT2D eigenvalue weighted by molar-refractivity contribution is 8.93. The van der Waals surface area contributed by atoms with Crippen LogP contribution >= 0.6 is 17.0 Å². The molecule has 0 aliphatic carbocycles. The Labute approximate surface area is 55.0 Å². The van der Waals surface area contributed by atoms with Gasteiger partial charge >= 0.3 is 0 Å². The third kappa shape index (κ3) is 10.7. The molecule has 0 aromatic rings. The van der Waals surface area contributed by atoms with E-state index in [4.69, 9.17) is 11.5 Å². The molecule has 0 radical (unpaired) electrons. The van der Waals surface area contributed by atoms with Crippen LogP contribution < -0.4 is 11.5 Å². The van der Waals surface area contributed by atoms with Crippen molar-refractivity contribution in [3.8, 4) is 0 Å². The molecule has 0 aromatic carbocycles. The van der Waals surface area contributed by atoms with Crippen LogP contribution in [0.3, 0.4) is 0 Å². The molecule has 0 saturated heterocycles. The van der Waals surface area contributed by atoms with Gasteiger partial charge in [-0.2, -0.15) is 0 Å². The maximum Gasteiger partial charge on any atom is 0.0221 e. The van der Waals surface area contributed by atoms with Gasteiger partial charge in [-0.1, -0.05) is 0 Å². The summed E-state index contributed by atoms with van der Waals surface area (Å²) in [7, 11) is 0. The summed E-state index contributed by atoms with van der Waals surface area (Å²) in [5, 5.41) is 0. The largest absolute Gasteiger partial charge is 0.329 e. The van der Waals surface area contributed by atoms with E-state index in [1.54, 1.807) is 0 Å². The molecule has 0 rings (SSSR count). The Morgan fingerprint density at radius 1 is 1.43 bits per heavy atom. The maximum absolute atomic E-state index is 5.41. The predicted molar refractivity (Wildman–Crippen MR) is 37.6 cm³/mol. The van der Waals surface area contributed by atoms with E-state index in [9.17, 15) is 0 Å². The van der Waals surface area contributed by atoms with Gasteiger partial charge in [0.2, 0.25) is 0 Å². The number of nitrogens with two attached hydrogens (primary N) is 2. The van der Waals surface area contributed by atoms with Crippen LogP contribution in [0.1, 0.15) is 13.8 Å². The molecule has 0 heterocycles. The van der Waals surface area contributed by atoms with Crippen molar-refractivity contribution in [2.75, 3.05) is 6.54 Å². The molecule has 0 aliphatic rings. The zero-order valence-electron chi connectivity index (χ0n) is 4.77. The van der Waals surface area contributed by atoms with E-state index in [0.717, 1.165) is 0 Å². The Kier molecular flexibility index (Phi) is 5.06. The van der Waals surface area contributed by atoms with Gasteiger partial charge in [0.15, 0.2) is 0 Å². The minimum absolute atomic E-state index is 0. The normalized spacial score (nSPS) is 10.3. The van der Waals surface area contributed by atoms with Gasteiger partial charge in [-0.25, -0.2) is 0 Å². The van der Waals surface area contributed by atoms with Crippen molar-refractivity contribution in [1.82, 2.24) is 0 Å². The number of halogens is 1. The zero-order valence-corrected chi connectivity index (χ0v) is 6.48. The molecule has 7 heavy (non-hydrogen) atoms. The van der Waals surface area contributed by atoms with Crippen molar-refractivity contribution in [3.63, 3.8) is 0 Å². The minimum atomic E-state index is -0.181. The molecule has 0 atom stereocenters. The molecule has 2 nitrogen and oxygen atoms in total. The Morgan fingerprint density at radius 3 is 1.57 bits per heavy atom. The van der Waals surface area contributed by atoms with Crippen molar-refractivity contribution < 1.29 is 0 Å². The predicted octanol–water partition coefficient (Wildman–Crippen LogP) is 0.260. The van der Waals surface area contributed by atoms with Gasteiger partial charge in [-0.15, -0.1) is 17.0 Å². The van der Waals surface area contributed by atoms with Gasteiger partial charge in [0.25, 0.3) is 0 Å². The van der Waals surface area contributed by atoms with Crippen molar-refractivity contribution in [3.05, 3.63) is 0 Å². The van der Waals surface area contributed by atoms with E-state index in [1.165, 1.54) is 0 Å². The van der Waals surface area contributed by atoms with Crippen molar-refractivity contribution in [2.45, 2.75) is 19.4 Å². The summed E-state index contributed by atoms with van der Waals surface area (Å²) in [6.07, 6.45) is 0. The first-order valence-electron chi connectivity index (χ1n) is 2.05. The fraction of sp³-hybridized carbons (Fsp3) is 1.00. The van der Waals surface area contributed by atoms with Gasteiger partial charge in [-0.3, -0.25) is 0 Å². The minimum Gasteiger partial charge on any atom is -0.329 e. The van der Waals surface area contributed by atoms with Crippen LogP contribution in [-0.2, 0) is 0 Å². The monoisotopic (exact) mass is 168 g/mol.